The van der Waals surface area contributed by atoms with E-state index >= 15 is 0 Å². The first kappa shape index (κ1) is 13.7. The van der Waals surface area contributed by atoms with Crippen molar-refractivity contribution in [2.24, 2.45) is 7.05 Å². The molecule has 0 aliphatic rings. The van der Waals surface area contributed by atoms with Crippen molar-refractivity contribution in [2.45, 2.75) is 0 Å². The summed E-state index contributed by atoms with van der Waals surface area (Å²) in [6.07, 6.45) is 4.35. The molecule has 23 heavy (non-hydrogen) atoms. The van der Waals surface area contributed by atoms with E-state index < -0.39 is 0 Å². The molecule has 0 fully saturated rings. The molecular formula is C22H18N+. The highest BCUT2D eigenvalue weighted by atomic mass is 14.9. The number of pyridine rings is 1. The van der Waals surface area contributed by atoms with Gasteiger partial charge >= 0.3 is 0 Å². The summed E-state index contributed by atoms with van der Waals surface area (Å²) in [6, 6.07) is 27.8. The lowest BCUT2D eigenvalue weighted by molar-refractivity contribution is -0.646. The van der Waals surface area contributed by atoms with Crippen molar-refractivity contribution < 1.29 is 4.57 Å². The second-order valence-corrected chi connectivity index (χ2v) is 5.82. The Balaban J connectivity index is 1.73. The molecule has 0 atom stereocenters. The Bertz CT molecular complexity index is 1030. The topological polar surface area (TPSA) is 3.88 Å². The number of nitrogens with zero attached hydrogens (tertiary/aromatic N) is 1. The number of rotatable bonds is 2. The third kappa shape index (κ3) is 2.62. The van der Waals surface area contributed by atoms with Crippen LogP contribution in [0.15, 0.2) is 78.9 Å². The summed E-state index contributed by atoms with van der Waals surface area (Å²) >= 11 is 0. The van der Waals surface area contributed by atoms with Gasteiger partial charge in [0.25, 0.3) is 0 Å². The van der Waals surface area contributed by atoms with E-state index in [4.69, 9.17) is 0 Å². The molecule has 0 unspecified atom stereocenters. The van der Waals surface area contributed by atoms with Crippen LogP contribution in [0.4, 0.5) is 0 Å². The van der Waals surface area contributed by atoms with Gasteiger partial charge in [0, 0.05) is 23.6 Å². The van der Waals surface area contributed by atoms with Crippen LogP contribution in [0, 0.1) is 0 Å². The van der Waals surface area contributed by atoms with Crippen molar-refractivity contribution in [3.63, 3.8) is 0 Å². The van der Waals surface area contributed by atoms with Crippen LogP contribution in [-0.4, -0.2) is 0 Å². The van der Waals surface area contributed by atoms with Crippen molar-refractivity contribution in [1.82, 2.24) is 0 Å². The highest BCUT2D eigenvalue weighted by Crippen LogP contribution is 2.17. The van der Waals surface area contributed by atoms with Gasteiger partial charge in [-0.05, 0) is 40.6 Å². The Kier molecular flexibility index (Phi) is 3.39. The minimum absolute atomic E-state index is 1.19. The average molecular weight is 296 g/mol. The smallest absolute Gasteiger partial charge is 0.195 e. The van der Waals surface area contributed by atoms with Gasteiger partial charge in [-0.3, -0.25) is 0 Å². The summed E-state index contributed by atoms with van der Waals surface area (Å²) in [5.74, 6) is 0. The predicted molar refractivity (Wildman–Crippen MR) is 98.0 cm³/mol. The molecule has 110 valence electrons. The molecule has 4 rings (SSSR count). The zero-order chi connectivity index (χ0) is 15.6. The second kappa shape index (κ2) is 5.69. The lowest BCUT2D eigenvalue weighted by atomic mass is 10.1. The Labute approximate surface area is 136 Å². The molecule has 1 aromatic heterocycles. The monoisotopic (exact) mass is 296 g/mol. The van der Waals surface area contributed by atoms with E-state index in [1.807, 2.05) is 0 Å². The molecule has 0 bridgehead atoms. The van der Waals surface area contributed by atoms with Crippen LogP contribution in [0.5, 0.6) is 0 Å². The maximum atomic E-state index is 2.23. The number of aryl methyl sites for hydroxylation is 1. The number of hydrogen-bond acceptors (Lipinski definition) is 0. The van der Waals surface area contributed by atoms with Crippen molar-refractivity contribution in [3.8, 4) is 0 Å². The molecule has 0 spiro atoms. The molecule has 1 nitrogen and oxygen atoms in total. The van der Waals surface area contributed by atoms with Crippen LogP contribution in [0.1, 0.15) is 11.3 Å². The zero-order valence-electron chi connectivity index (χ0n) is 13.1. The predicted octanol–water partition coefficient (Wildman–Crippen LogP) is 4.99. The van der Waals surface area contributed by atoms with E-state index in [-0.39, 0.29) is 0 Å². The number of fused-ring (bicyclic) bond motifs is 2. The summed E-state index contributed by atoms with van der Waals surface area (Å²) in [6.45, 7) is 0. The molecule has 0 aliphatic heterocycles. The van der Waals surface area contributed by atoms with Gasteiger partial charge in [-0.1, -0.05) is 48.5 Å². The van der Waals surface area contributed by atoms with Crippen LogP contribution in [0.25, 0.3) is 33.8 Å². The summed E-state index contributed by atoms with van der Waals surface area (Å²) in [7, 11) is 2.11. The van der Waals surface area contributed by atoms with Gasteiger partial charge in [0.1, 0.15) is 7.05 Å². The average Bonchev–Trinajstić information content (AvgIpc) is 2.61. The van der Waals surface area contributed by atoms with Crippen LogP contribution in [-0.2, 0) is 7.05 Å². The fourth-order valence-electron chi connectivity index (χ4n) is 3.02. The van der Waals surface area contributed by atoms with Crippen LogP contribution < -0.4 is 4.57 Å². The van der Waals surface area contributed by atoms with Gasteiger partial charge in [0.2, 0.25) is 11.2 Å². The molecule has 3 aromatic carbocycles. The quantitative estimate of drug-likeness (QED) is 0.459. The first-order chi connectivity index (χ1) is 11.3. The molecule has 0 radical (unpaired) electrons. The van der Waals surface area contributed by atoms with Crippen LogP contribution in [0.3, 0.4) is 0 Å². The standard InChI is InChI=1S/C22H18N/c1-23-21(15-13-19-7-4-5-9-22(19)23)14-11-17-10-12-18-6-2-3-8-20(18)16-17/h2-16H,1H3/q+1/b14-11+. The molecule has 1 heterocycles. The number of aromatic nitrogens is 1. The largest absolute Gasteiger partial charge is 0.212 e. The molecule has 0 amide bonds. The van der Waals surface area contributed by atoms with E-state index in [1.54, 1.807) is 0 Å². The minimum atomic E-state index is 1.19. The summed E-state index contributed by atoms with van der Waals surface area (Å²) in [5.41, 5.74) is 3.65. The normalized spacial score (nSPS) is 11.5. The zero-order valence-corrected chi connectivity index (χ0v) is 13.1. The van der Waals surface area contributed by atoms with Gasteiger partial charge in [-0.15, -0.1) is 0 Å². The first-order valence-corrected chi connectivity index (χ1v) is 7.86. The maximum absolute atomic E-state index is 2.23. The van der Waals surface area contributed by atoms with Crippen molar-refractivity contribution in [3.05, 3.63) is 90.1 Å². The van der Waals surface area contributed by atoms with Gasteiger partial charge in [-0.25, -0.2) is 0 Å². The third-order valence-electron chi connectivity index (χ3n) is 4.34. The number of hydrogen-bond donors (Lipinski definition) is 0. The summed E-state index contributed by atoms with van der Waals surface area (Å²) < 4.78 is 2.23. The molecule has 0 saturated heterocycles. The lowest BCUT2D eigenvalue weighted by Crippen LogP contribution is -2.32. The fourth-order valence-corrected chi connectivity index (χ4v) is 3.02. The summed E-state index contributed by atoms with van der Waals surface area (Å²) in [5, 5.41) is 3.82. The van der Waals surface area contributed by atoms with Gasteiger partial charge in [0.05, 0.1) is 0 Å². The fraction of sp³-hybridized carbons (Fsp3) is 0.0455. The molecule has 0 saturated carbocycles. The Morgan fingerprint density at radius 3 is 2.22 bits per heavy atom. The minimum Gasteiger partial charge on any atom is -0.195 e. The van der Waals surface area contributed by atoms with Gasteiger partial charge in [0.15, 0.2) is 0 Å². The Morgan fingerprint density at radius 1 is 0.652 bits per heavy atom. The van der Waals surface area contributed by atoms with E-state index in [0.717, 1.165) is 0 Å². The lowest BCUT2D eigenvalue weighted by Gasteiger charge is -2.01. The molecule has 1 heteroatoms. The van der Waals surface area contributed by atoms with E-state index in [0.29, 0.717) is 0 Å². The van der Waals surface area contributed by atoms with E-state index in [2.05, 4.69) is 103 Å². The van der Waals surface area contributed by atoms with Crippen molar-refractivity contribution >= 4 is 33.8 Å². The highest BCUT2D eigenvalue weighted by molar-refractivity contribution is 5.86. The highest BCUT2D eigenvalue weighted by Gasteiger charge is 2.08. The van der Waals surface area contributed by atoms with Crippen LogP contribution >= 0.6 is 0 Å². The number of benzene rings is 3. The van der Waals surface area contributed by atoms with E-state index in [9.17, 15) is 0 Å². The van der Waals surface area contributed by atoms with Gasteiger partial charge < -0.3 is 0 Å². The SMILES string of the molecule is C[n+]1c(/C=C/c2ccc3ccccc3c2)ccc2ccccc21. The summed E-state index contributed by atoms with van der Waals surface area (Å²) in [4.78, 5) is 0. The molecule has 0 N–H and O–H groups in total. The Hall–Kier alpha value is -2.93. The Morgan fingerprint density at radius 2 is 1.35 bits per heavy atom. The van der Waals surface area contributed by atoms with Crippen molar-refractivity contribution in [2.75, 3.05) is 0 Å². The molecule has 0 aliphatic carbocycles. The van der Waals surface area contributed by atoms with Gasteiger partial charge in [-0.2, -0.15) is 4.57 Å². The molecular weight excluding hydrogens is 278 g/mol. The third-order valence-corrected chi connectivity index (χ3v) is 4.34. The number of para-hydroxylation sites is 1. The first-order valence-electron chi connectivity index (χ1n) is 7.86. The van der Waals surface area contributed by atoms with Crippen molar-refractivity contribution in [1.29, 1.82) is 0 Å². The second-order valence-electron chi connectivity index (χ2n) is 5.82. The molecule has 4 aromatic rings. The van der Waals surface area contributed by atoms with Crippen LogP contribution in [0.2, 0.25) is 0 Å². The maximum Gasteiger partial charge on any atom is 0.212 e. The van der Waals surface area contributed by atoms with E-state index in [1.165, 1.54) is 32.9 Å².